The topological polar surface area (TPSA) is 97.8 Å². The van der Waals surface area contributed by atoms with Crippen LogP contribution in [0, 0.1) is 0 Å². The first-order valence-corrected chi connectivity index (χ1v) is 12.3. The lowest BCUT2D eigenvalue weighted by atomic mass is 10.2. The van der Waals surface area contributed by atoms with Gasteiger partial charge < -0.3 is 14.8 Å². The number of nitrogens with one attached hydrogen (secondary N) is 1. The van der Waals surface area contributed by atoms with Gasteiger partial charge >= 0.3 is 0 Å². The zero-order valence-corrected chi connectivity index (χ0v) is 19.3. The number of methoxy groups -OCH3 is 2. The zero-order chi connectivity index (χ0) is 22.7. The van der Waals surface area contributed by atoms with E-state index in [-0.39, 0.29) is 17.3 Å². The second-order valence-corrected chi connectivity index (χ2v) is 9.93. The lowest BCUT2D eigenvalue weighted by Gasteiger charge is -2.23. The molecule has 0 spiro atoms. The second-order valence-electron chi connectivity index (χ2n) is 7.18. The van der Waals surface area contributed by atoms with Gasteiger partial charge in [-0.1, -0.05) is 30.3 Å². The molecule has 1 atom stereocenters. The summed E-state index contributed by atoms with van der Waals surface area (Å²) in [5.41, 5.74) is 1.70. The fraction of sp³-hybridized carbons (Fsp3) is 0.273. The van der Waals surface area contributed by atoms with Gasteiger partial charge in [-0.25, -0.2) is 13.4 Å². The van der Waals surface area contributed by atoms with Crippen LogP contribution < -0.4 is 14.8 Å². The third-order valence-corrected chi connectivity index (χ3v) is 7.93. The van der Waals surface area contributed by atoms with E-state index in [0.717, 1.165) is 11.3 Å². The molecule has 8 nitrogen and oxygen atoms in total. The molecule has 0 radical (unpaired) electrons. The first-order valence-electron chi connectivity index (χ1n) is 9.99. The Labute approximate surface area is 190 Å². The molecule has 3 aromatic rings. The van der Waals surface area contributed by atoms with Gasteiger partial charge in [-0.05, 0) is 25.0 Å². The Morgan fingerprint density at radius 3 is 2.59 bits per heavy atom. The Morgan fingerprint density at radius 1 is 1.12 bits per heavy atom. The fourth-order valence-electron chi connectivity index (χ4n) is 3.66. The Morgan fingerprint density at radius 2 is 1.88 bits per heavy atom. The third kappa shape index (κ3) is 4.34. The van der Waals surface area contributed by atoms with Crippen LogP contribution in [0.1, 0.15) is 12.8 Å². The van der Waals surface area contributed by atoms with Crippen LogP contribution in [0.4, 0.5) is 5.13 Å². The van der Waals surface area contributed by atoms with E-state index in [2.05, 4.69) is 10.3 Å². The zero-order valence-electron chi connectivity index (χ0n) is 17.6. The minimum absolute atomic E-state index is 0.0514. The molecule has 0 bridgehead atoms. The average Bonchev–Trinajstić information content (AvgIpc) is 3.49. The summed E-state index contributed by atoms with van der Waals surface area (Å²) in [5.74, 6) is 0.352. The monoisotopic (exact) mass is 473 g/mol. The van der Waals surface area contributed by atoms with Gasteiger partial charge in [0.05, 0.1) is 24.8 Å². The van der Waals surface area contributed by atoms with Crippen LogP contribution in [0.2, 0.25) is 0 Å². The Hall–Kier alpha value is -2.95. The fourth-order valence-corrected chi connectivity index (χ4v) is 6.06. The summed E-state index contributed by atoms with van der Waals surface area (Å²) >= 11 is 1.30. The number of hydrogen-bond acceptors (Lipinski definition) is 7. The summed E-state index contributed by atoms with van der Waals surface area (Å²) in [5, 5.41) is 5.08. The van der Waals surface area contributed by atoms with Gasteiger partial charge in [-0.15, -0.1) is 11.3 Å². The quantitative estimate of drug-likeness (QED) is 0.563. The van der Waals surface area contributed by atoms with Crippen molar-refractivity contribution in [3.8, 4) is 22.8 Å². The van der Waals surface area contributed by atoms with Gasteiger partial charge in [-0.2, -0.15) is 4.31 Å². The number of carbonyl (C=O) groups excluding carboxylic acids is 1. The summed E-state index contributed by atoms with van der Waals surface area (Å²) in [4.78, 5) is 17.5. The normalized spacial score (nSPS) is 16.6. The molecule has 1 N–H and O–H groups in total. The van der Waals surface area contributed by atoms with Crippen molar-refractivity contribution in [1.82, 2.24) is 9.29 Å². The smallest absolute Gasteiger partial charge is 0.244 e. The maximum atomic E-state index is 13.3. The molecule has 0 saturated carbocycles. The van der Waals surface area contributed by atoms with Gasteiger partial charge in [-0.3, -0.25) is 4.79 Å². The molecule has 168 valence electrons. The Kier molecular flexibility index (Phi) is 6.45. The van der Waals surface area contributed by atoms with Crippen LogP contribution in [0.3, 0.4) is 0 Å². The second kappa shape index (κ2) is 9.27. The first kappa shape index (κ1) is 22.3. The van der Waals surface area contributed by atoms with Crippen LogP contribution in [0.5, 0.6) is 11.5 Å². The number of ether oxygens (including phenoxy) is 2. The van der Waals surface area contributed by atoms with Crippen molar-refractivity contribution >= 4 is 32.4 Å². The van der Waals surface area contributed by atoms with E-state index < -0.39 is 16.1 Å². The van der Waals surface area contributed by atoms with Gasteiger partial charge in [0.25, 0.3) is 0 Å². The van der Waals surface area contributed by atoms with Crippen LogP contribution >= 0.6 is 11.3 Å². The summed E-state index contributed by atoms with van der Waals surface area (Å²) in [6, 6.07) is 13.2. The number of aromatic nitrogens is 1. The van der Waals surface area contributed by atoms with Crippen molar-refractivity contribution in [3.05, 3.63) is 53.9 Å². The van der Waals surface area contributed by atoms with Gasteiger partial charge in [0.1, 0.15) is 6.04 Å². The van der Waals surface area contributed by atoms with Crippen molar-refractivity contribution < 1.29 is 22.7 Å². The number of sulfonamides is 1. The molecule has 0 aliphatic carbocycles. The van der Waals surface area contributed by atoms with Crippen LogP contribution in [-0.4, -0.2) is 50.4 Å². The molecule has 1 aliphatic rings. The number of anilines is 1. The number of rotatable bonds is 7. The standard InChI is InChI=1S/C22H23N3O5S2/c1-29-19-11-10-16(13-20(19)30-2)32(27,28)25-12-6-9-18(25)21(26)24-22-23-17(14-31-22)15-7-4-3-5-8-15/h3-5,7-8,10-11,13-14,18H,6,9,12H2,1-2H3,(H,23,24,26). The molecule has 32 heavy (non-hydrogen) atoms. The summed E-state index contributed by atoms with van der Waals surface area (Å²) < 4.78 is 38.3. The van der Waals surface area contributed by atoms with Crippen LogP contribution in [-0.2, 0) is 14.8 Å². The summed E-state index contributed by atoms with van der Waals surface area (Å²) in [6.45, 7) is 0.266. The number of benzene rings is 2. The van der Waals surface area contributed by atoms with Crippen LogP contribution in [0.25, 0.3) is 11.3 Å². The maximum Gasteiger partial charge on any atom is 0.244 e. The van der Waals surface area contributed by atoms with E-state index in [0.29, 0.717) is 29.5 Å². The highest BCUT2D eigenvalue weighted by Gasteiger charge is 2.40. The van der Waals surface area contributed by atoms with Crippen molar-refractivity contribution in [1.29, 1.82) is 0 Å². The molecule has 1 fully saturated rings. The molecule has 1 saturated heterocycles. The van der Waals surface area contributed by atoms with E-state index in [1.807, 2.05) is 35.7 Å². The summed E-state index contributed by atoms with van der Waals surface area (Å²) in [7, 11) is -0.977. The molecule has 4 rings (SSSR count). The van der Waals surface area contributed by atoms with E-state index in [9.17, 15) is 13.2 Å². The van der Waals surface area contributed by atoms with Gasteiger partial charge in [0.15, 0.2) is 16.6 Å². The van der Waals surface area contributed by atoms with Gasteiger partial charge in [0.2, 0.25) is 15.9 Å². The highest BCUT2D eigenvalue weighted by molar-refractivity contribution is 7.89. The molecule has 2 heterocycles. The molecule has 1 aromatic heterocycles. The lowest BCUT2D eigenvalue weighted by molar-refractivity contribution is -0.119. The molecule has 1 aliphatic heterocycles. The molecule has 1 unspecified atom stereocenters. The van der Waals surface area contributed by atoms with E-state index in [1.165, 1.54) is 48.1 Å². The van der Waals surface area contributed by atoms with Gasteiger partial charge in [0, 0.05) is 23.6 Å². The lowest BCUT2D eigenvalue weighted by Crippen LogP contribution is -2.43. The highest BCUT2D eigenvalue weighted by atomic mass is 32.2. The van der Waals surface area contributed by atoms with Crippen molar-refractivity contribution in [3.63, 3.8) is 0 Å². The van der Waals surface area contributed by atoms with E-state index >= 15 is 0 Å². The maximum absolute atomic E-state index is 13.3. The van der Waals surface area contributed by atoms with E-state index in [1.54, 1.807) is 0 Å². The first-order chi connectivity index (χ1) is 15.4. The predicted octanol–water partition coefficient (Wildman–Crippen LogP) is 3.62. The SMILES string of the molecule is COc1ccc(S(=O)(=O)N2CCCC2C(=O)Nc2nc(-c3ccccc3)cs2)cc1OC. The predicted molar refractivity (Wildman–Crippen MR) is 123 cm³/mol. The number of amides is 1. The Bertz CT molecular complexity index is 1210. The molecular formula is C22H23N3O5S2. The van der Waals surface area contributed by atoms with Crippen molar-refractivity contribution in [2.75, 3.05) is 26.1 Å². The van der Waals surface area contributed by atoms with E-state index in [4.69, 9.17) is 9.47 Å². The molecule has 10 heteroatoms. The third-order valence-electron chi connectivity index (χ3n) is 5.27. The number of hydrogen-bond donors (Lipinski definition) is 1. The molecule has 2 aromatic carbocycles. The number of thiazole rings is 1. The number of nitrogens with zero attached hydrogens (tertiary/aromatic N) is 2. The van der Waals surface area contributed by atoms with Crippen molar-refractivity contribution in [2.45, 2.75) is 23.8 Å². The molecule has 1 amide bonds. The summed E-state index contributed by atoms with van der Waals surface area (Å²) in [6.07, 6.45) is 1.03. The number of carbonyl (C=O) groups is 1. The Balaban J connectivity index is 1.53. The van der Waals surface area contributed by atoms with Crippen molar-refractivity contribution in [2.24, 2.45) is 0 Å². The van der Waals surface area contributed by atoms with Crippen LogP contribution in [0.15, 0.2) is 58.8 Å². The largest absolute Gasteiger partial charge is 0.493 e. The minimum Gasteiger partial charge on any atom is -0.493 e. The molecular weight excluding hydrogens is 450 g/mol. The average molecular weight is 474 g/mol. The minimum atomic E-state index is -3.90. The highest BCUT2D eigenvalue weighted by Crippen LogP contribution is 2.33.